The normalized spacial score (nSPS) is 21.1. The number of anilines is 1. The van der Waals surface area contributed by atoms with Crippen molar-refractivity contribution < 1.29 is 9.53 Å². The zero-order chi connectivity index (χ0) is 20.9. The number of amides is 1. The maximum Gasteiger partial charge on any atom is 0.256 e. The SMILES string of the molecule is CCC(C)(C)C1CCc2c(sc3c2C(=O)NC(c2cc(Br)cc(Br)c2OC)N3)C1. The number of halogens is 2. The first-order valence-electron chi connectivity index (χ1n) is 10.00. The maximum absolute atomic E-state index is 13.1. The van der Waals surface area contributed by atoms with Crippen molar-refractivity contribution >= 4 is 54.1 Å². The van der Waals surface area contributed by atoms with Crippen molar-refractivity contribution in [2.24, 2.45) is 11.3 Å². The molecule has 1 amide bonds. The molecule has 2 unspecified atom stereocenters. The molecule has 0 radical (unpaired) electrons. The number of carbonyl (C=O) groups excluding carboxylic acids is 1. The number of hydrogen-bond donors (Lipinski definition) is 2. The number of thiophene rings is 1. The van der Waals surface area contributed by atoms with Crippen molar-refractivity contribution in [1.29, 1.82) is 0 Å². The van der Waals surface area contributed by atoms with E-state index in [0.717, 1.165) is 50.1 Å². The second-order valence-electron chi connectivity index (χ2n) is 8.55. The van der Waals surface area contributed by atoms with Gasteiger partial charge in [-0.1, -0.05) is 43.1 Å². The second kappa shape index (κ2) is 7.89. The first-order chi connectivity index (χ1) is 13.7. The number of ether oxygens (including phenoxy) is 1. The van der Waals surface area contributed by atoms with Gasteiger partial charge in [-0.25, -0.2) is 0 Å². The van der Waals surface area contributed by atoms with Crippen LogP contribution in [0.3, 0.4) is 0 Å². The molecule has 1 aliphatic heterocycles. The molecule has 0 fully saturated rings. The van der Waals surface area contributed by atoms with E-state index in [1.54, 1.807) is 18.4 Å². The van der Waals surface area contributed by atoms with Crippen molar-refractivity contribution in [2.75, 3.05) is 12.4 Å². The van der Waals surface area contributed by atoms with Gasteiger partial charge in [-0.2, -0.15) is 0 Å². The van der Waals surface area contributed by atoms with Gasteiger partial charge < -0.3 is 15.4 Å². The fourth-order valence-electron chi connectivity index (χ4n) is 4.42. The predicted molar refractivity (Wildman–Crippen MR) is 126 cm³/mol. The van der Waals surface area contributed by atoms with E-state index in [0.29, 0.717) is 11.3 Å². The fourth-order valence-corrected chi connectivity index (χ4v) is 7.19. The summed E-state index contributed by atoms with van der Waals surface area (Å²) in [6.07, 6.45) is 4.05. The summed E-state index contributed by atoms with van der Waals surface area (Å²) >= 11 is 8.86. The van der Waals surface area contributed by atoms with E-state index in [4.69, 9.17) is 4.74 Å². The minimum Gasteiger partial charge on any atom is -0.495 e. The van der Waals surface area contributed by atoms with E-state index >= 15 is 0 Å². The van der Waals surface area contributed by atoms with Gasteiger partial charge >= 0.3 is 0 Å². The van der Waals surface area contributed by atoms with Crippen LogP contribution in [0.25, 0.3) is 0 Å². The van der Waals surface area contributed by atoms with Crippen molar-refractivity contribution in [1.82, 2.24) is 5.32 Å². The Morgan fingerprint density at radius 1 is 1.28 bits per heavy atom. The molecule has 1 aromatic carbocycles. The lowest BCUT2D eigenvalue weighted by Gasteiger charge is -2.36. The number of carbonyl (C=O) groups is 1. The molecule has 2 N–H and O–H groups in total. The van der Waals surface area contributed by atoms with Gasteiger partial charge in [-0.15, -0.1) is 11.3 Å². The molecular formula is C22H26Br2N2O2S. The Bertz CT molecular complexity index is 970. The monoisotopic (exact) mass is 540 g/mol. The first-order valence-corrected chi connectivity index (χ1v) is 12.4. The number of fused-ring (bicyclic) bond motifs is 3. The summed E-state index contributed by atoms with van der Waals surface area (Å²) in [4.78, 5) is 14.5. The topological polar surface area (TPSA) is 50.4 Å². The summed E-state index contributed by atoms with van der Waals surface area (Å²) in [6.45, 7) is 7.02. The molecule has 0 saturated heterocycles. The standard InChI is InChI=1S/C22H26Br2N2O2S/c1-5-22(2,3)11-6-7-13-16(8-11)29-21-17(13)20(27)25-19(26-21)14-9-12(23)10-15(24)18(14)28-4/h9-11,19,26H,5-8H2,1-4H3,(H,25,27). The highest BCUT2D eigenvalue weighted by molar-refractivity contribution is 9.11. The van der Waals surface area contributed by atoms with Crippen molar-refractivity contribution in [3.63, 3.8) is 0 Å². The van der Waals surface area contributed by atoms with Gasteiger partial charge in [0.25, 0.3) is 5.91 Å². The minimum atomic E-state index is -0.332. The molecule has 2 heterocycles. The molecule has 0 bridgehead atoms. The highest BCUT2D eigenvalue weighted by Crippen LogP contribution is 2.47. The van der Waals surface area contributed by atoms with Crippen LogP contribution >= 0.6 is 43.2 Å². The molecule has 4 rings (SSSR count). The van der Waals surface area contributed by atoms with Gasteiger partial charge in [-0.3, -0.25) is 4.79 Å². The largest absolute Gasteiger partial charge is 0.495 e. The molecular weight excluding hydrogens is 516 g/mol. The van der Waals surface area contributed by atoms with Crippen LogP contribution in [0.2, 0.25) is 0 Å². The van der Waals surface area contributed by atoms with E-state index in [2.05, 4.69) is 63.3 Å². The summed E-state index contributed by atoms with van der Waals surface area (Å²) in [5, 5.41) is 7.69. The molecule has 4 nitrogen and oxygen atoms in total. The Labute approximate surface area is 193 Å². The molecule has 0 spiro atoms. The Balaban J connectivity index is 1.68. The number of benzene rings is 1. The smallest absolute Gasteiger partial charge is 0.256 e. The Morgan fingerprint density at radius 3 is 2.72 bits per heavy atom. The highest BCUT2D eigenvalue weighted by atomic mass is 79.9. The average molecular weight is 542 g/mol. The van der Waals surface area contributed by atoms with Gasteiger partial charge in [0.2, 0.25) is 0 Å². The Morgan fingerprint density at radius 2 is 2.03 bits per heavy atom. The molecule has 2 aromatic rings. The third kappa shape index (κ3) is 3.74. The Kier molecular flexibility index (Phi) is 5.77. The third-order valence-electron chi connectivity index (χ3n) is 6.61. The number of hydrogen-bond acceptors (Lipinski definition) is 4. The zero-order valence-electron chi connectivity index (χ0n) is 17.1. The first kappa shape index (κ1) is 21.2. The van der Waals surface area contributed by atoms with E-state index in [1.165, 1.54) is 16.9 Å². The van der Waals surface area contributed by atoms with Crippen molar-refractivity contribution in [3.8, 4) is 5.75 Å². The van der Waals surface area contributed by atoms with Crippen LogP contribution in [-0.4, -0.2) is 13.0 Å². The molecule has 7 heteroatoms. The third-order valence-corrected chi connectivity index (χ3v) is 8.84. The number of rotatable bonds is 4. The highest BCUT2D eigenvalue weighted by Gasteiger charge is 2.38. The molecule has 156 valence electrons. The lowest BCUT2D eigenvalue weighted by Crippen LogP contribution is -2.38. The second-order valence-corrected chi connectivity index (χ2v) is 11.4. The molecule has 0 saturated carbocycles. The minimum absolute atomic E-state index is 0.00704. The van der Waals surface area contributed by atoms with Gasteiger partial charge in [0, 0.05) is 14.9 Å². The maximum atomic E-state index is 13.1. The van der Waals surface area contributed by atoms with Crippen molar-refractivity contribution in [2.45, 2.75) is 52.6 Å². The van der Waals surface area contributed by atoms with Gasteiger partial charge in [0.1, 0.15) is 16.9 Å². The van der Waals surface area contributed by atoms with Crippen LogP contribution in [0.1, 0.15) is 66.1 Å². The van der Waals surface area contributed by atoms with Crippen LogP contribution in [0.5, 0.6) is 5.75 Å². The van der Waals surface area contributed by atoms with Gasteiger partial charge in [-0.05, 0) is 64.2 Å². The summed E-state index contributed by atoms with van der Waals surface area (Å²) in [5.41, 5.74) is 3.32. The molecule has 2 atom stereocenters. The molecule has 29 heavy (non-hydrogen) atoms. The summed E-state index contributed by atoms with van der Waals surface area (Å²) in [7, 11) is 1.65. The van der Waals surface area contributed by atoms with E-state index in [-0.39, 0.29) is 12.1 Å². The van der Waals surface area contributed by atoms with E-state index < -0.39 is 0 Å². The fraction of sp³-hybridized carbons (Fsp3) is 0.500. The zero-order valence-corrected chi connectivity index (χ0v) is 21.1. The lowest BCUT2D eigenvalue weighted by molar-refractivity contribution is 0.0934. The molecule has 1 aromatic heterocycles. The molecule has 2 aliphatic rings. The van der Waals surface area contributed by atoms with Crippen LogP contribution in [0.4, 0.5) is 5.00 Å². The quantitative estimate of drug-likeness (QED) is 0.454. The summed E-state index contributed by atoms with van der Waals surface area (Å²) in [5.74, 6) is 1.40. The Hall–Kier alpha value is -1.05. The molecule has 1 aliphatic carbocycles. The number of nitrogens with one attached hydrogen (secondary N) is 2. The summed E-state index contributed by atoms with van der Waals surface area (Å²) in [6, 6.07) is 3.93. The van der Waals surface area contributed by atoms with E-state index in [9.17, 15) is 4.79 Å². The van der Waals surface area contributed by atoms with Gasteiger partial charge in [0.05, 0.1) is 17.1 Å². The number of methoxy groups -OCH3 is 1. The van der Waals surface area contributed by atoms with Crippen molar-refractivity contribution in [3.05, 3.63) is 42.6 Å². The van der Waals surface area contributed by atoms with Crippen LogP contribution in [-0.2, 0) is 12.8 Å². The van der Waals surface area contributed by atoms with Crippen LogP contribution < -0.4 is 15.4 Å². The van der Waals surface area contributed by atoms with E-state index in [1.807, 2.05) is 12.1 Å². The van der Waals surface area contributed by atoms with Crippen LogP contribution in [0, 0.1) is 11.3 Å². The summed E-state index contributed by atoms with van der Waals surface area (Å²) < 4.78 is 7.37. The predicted octanol–water partition coefficient (Wildman–Crippen LogP) is 6.68. The lowest BCUT2D eigenvalue weighted by atomic mass is 9.69. The average Bonchev–Trinajstić information content (AvgIpc) is 3.05. The van der Waals surface area contributed by atoms with Gasteiger partial charge in [0.15, 0.2) is 0 Å². The van der Waals surface area contributed by atoms with Crippen LogP contribution in [0.15, 0.2) is 21.1 Å².